The summed E-state index contributed by atoms with van der Waals surface area (Å²) in [6, 6.07) is 13.2. The van der Waals surface area contributed by atoms with Gasteiger partial charge < -0.3 is 0 Å². The molecule has 0 aromatic heterocycles. The van der Waals surface area contributed by atoms with E-state index in [-0.39, 0.29) is 0 Å². The molecule has 0 unspecified atom stereocenters. The molecule has 80 valence electrons. The molecule has 0 aliphatic rings. The Morgan fingerprint density at radius 1 is 1.06 bits per heavy atom. The van der Waals surface area contributed by atoms with Gasteiger partial charge in [0.15, 0.2) is 6.29 Å². The Hall–Kier alpha value is -1.60. The summed E-state index contributed by atoms with van der Waals surface area (Å²) in [5, 5.41) is 0.682. The molecule has 2 rings (SSSR count). The summed E-state index contributed by atoms with van der Waals surface area (Å²) < 4.78 is 0. The minimum absolute atomic E-state index is 0.682. The number of rotatable bonds is 2. The monoisotopic (exact) mass is 230 g/mol. The smallest absolute Gasteiger partial charge is 0.150 e. The van der Waals surface area contributed by atoms with Gasteiger partial charge in [0.2, 0.25) is 0 Å². The van der Waals surface area contributed by atoms with E-state index in [0.717, 1.165) is 23.0 Å². The summed E-state index contributed by atoms with van der Waals surface area (Å²) in [5.74, 6) is 0. The van der Waals surface area contributed by atoms with E-state index < -0.39 is 0 Å². The van der Waals surface area contributed by atoms with Crippen LogP contribution in [0.3, 0.4) is 0 Å². The first-order chi connectivity index (χ1) is 7.72. The Morgan fingerprint density at radius 3 is 2.56 bits per heavy atom. The zero-order valence-corrected chi connectivity index (χ0v) is 9.66. The third-order valence-corrected chi connectivity index (χ3v) is 2.81. The second-order valence-electron chi connectivity index (χ2n) is 3.66. The normalized spacial score (nSPS) is 10.1. The van der Waals surface area contributed by atoms with Crippen LogP contribution in [0, 0.1) is 6.92 Å². The van der Waals surface area contributed by atoms with Crippen LogP contribution in [0.5, 0.6) is 0 Å². The van der Waals surface area contributed by atoms with Crippen LogP contribution in [0.15, 0.2) is 42.5 Å². The van der Waals surface area contributed by atoms with Crippen molar-refractivity contribution in [1.29, 1.82) is 0 Å². The van der Waals surface area contributed by atoms with Gasteiger partial charge in [-0.3, -0.25) is 4.79 Å². The lowest BCUT2D eigenvalue weighted by atomic mass is 9.97. The topological polar surface area (TPSA) is 17.1 Å². The highest BCUT2D eigenvalue weighted by Crippen LogP contribution is 2.28. The highest BCUT2D eigenvalue weighted by Gasteiger charge is 2.06. The Balaban J connectivity index is 2.66. The standard InChI is InChI=1S/C14H11ClO/c1-10-6-7-12(15)8-14(10)13-5-3-2-4-11(13)9-16/h2-9H,1H3. The molecule has 16 heavy (non-hydrogen) atoms. The Labute approximate surface area is 99.7 Å². The second-order valence-corrected chi connectivity index (χ2v) is 4.10. The van der Waals surface area contributed by atoms with Crippen molar-refractivity contribution < 1.29 is 4.79 Å². The number of hydrogen-bond acceptors (Lipinski definition) is 1. The maximum Gasteiger partial charge on any atom is 0.150 e. The number of benzene rings is 2. The Bertz CT molecular complexity index is 532. The van der Waals surface area contributed by atoms with Gasteiger partial charge in [0.25, 0.3) is 0 Å². The van der Waals surface area contributed by atoms with Gasteiger partial charge in [0.1, 0.15) is 0 Å². The van der Waals surface area contributed by atoms with Crippen LogP contribution in [0.2, 0.25) is 5.02 Å². The number of aryl methyl sites for hydroxylation is 1. The van der Waals surface area contributed by atoms with Gasteiger partial charge in [-0.05, 0) is 35.7 Å². The van der Waals surface area contributed by atoms with Crippen molar-refractivity contribution in [2.24, 2.45) is 0 Å². The van der Waals surface area contributed by atoms with Crippen LogP contribution in [0.1, 0.15) is 15.9 Å². The lowest BCUT2D eigenvalue weighted by Crippen LogP contribution is -1.89. The van der Waals surface area contributed by atoms with Gasteiger partial charge >= 0.3 is 0 Å². The van der Waals surface area contributed by atoms with Crippen molar-refractivity contribution in [3.8, 4) is 11.1 Å². The van der Waals surface area contributed by atoms with Crippen molar-refractivity contribution in [3.05, 3.63) is 58.6 Å². The molecule has 1 nitrogen and oxygen atoms in total. The Kier molecular flexibility index (Phi) is 3.07. The first kappa shape index (κ1) is 10.9. The molecule has 0 atom stereocenters. The minimum atomic E-state index is 0.682. The minimum Gasteiger partial charge on any atom is -0.298 e. The summed E-state index contributed by atoms with van der Waals surface area (Å²) in [7, 11) is 0. The van der Waals surface area contributed by atoms with E-state index in [1.807, 2.05) is 49.4 Å². The highest BCUT2D eigenvalue weighted by molar-refractivity contribution is 6.30. The third kappa shape index (κ3) is 2.00. The van der Waals surface area contributed by atoms with Crippen LogP contribution in [0.25, 0.3) is 11.1 Å². The fourth-order valence-corrected chi connectivity index (χ4v) is 1.90. The Morgan fingerprint density at radius 2 is 1.81 bits per heavy atom. The van der Waals surface area contributed by atoms with Crippen LogP contribution < -0.4 is 0 Å². The molecule has 0 aliphatic heterocycles. The molecule has 0 heterocycles. The van der Waals surface area contributed by atoms with Crippen molar-refractivity contribution in [3.63, 3.8) is 0 Å². The largest absolute Gasteiger partial charge is 0.298 e. The van der Waals surface area contributed by atoms with Crippen LogP contribution in [0.4, 0.5) is 0 Å². The van der Waals surface area contributed by atoms with Crippen molar-refractivity contribution in [1.82, 2.24) is 0 Å². The van der Waals surface area contributed by atoms with Gasteiger partial charge in [-0.2, -0.15) is 0 Å². The molecule has 0 fully saturated rings. The molecule has 0 spiro atoms. The van der Waals surface area contributed by atoms with Gasteiger partial charge in [-0.25, -0.2) is 0 Å². The van der Waals surface area contributed by atoms with Gasteiger partial charge in [0, 0.05) is 10.6 Å². The summed E-state index contributed by atoms with van der Waals surface area (Å²) in [6.07, 6.45) is 0.871. The van der Waals surface area contributed by atoms with E-state index in [1.54, 1.807) is 0 Å². The first-order valence-corrected chi connectivity index (χ1v) is 5.41. The number of halogens is 1. The molecule has 2 aromatic carbocycles. The number of aldehydes is 1. The molecule has 2 aromatic rings. The fraction of sp³-hybridized carbons (Fsp3) is 0.0714. The number of hydrogen-bond donors (Lipinski definition) is 0. The van der Waals surface area contributed by atoms with E-state index in [1.165, 1.54) is 0 Å². The van der Waals surface area contributed by atoms with Crippen LogP contribution in [-0.4, -0.2) is 6.29 Å². The number of carbonyl (C=O) groups excluding carboxylic acids is 1. The van der Waals surface area contributed by atoms with Crippen molar-refractivity contribution in [2.45, 2.75) is 6.92 Å². The van der Waals surface area contributed by atoms with E-state index in [0.29, 0.717) is 10.6 Å². The van der Waals surface area contributed by atoms with Crippen molar-refractivity contribution >= 4 is 17.9 Å². The molecular formula is C14H11ClO. The van der Waals surface area contributed by atoms with Crippen LogP contribution in [-0.2, 0) is 0 Å². The lowest BCUT2D eigenvalue weighted by Gasteiger charge is -2.08. The lowest BCUT2D eigenvalue weighted by molar-refractivity contribution is 0.112. The summed E-state index contributed by atoms with van der Waals surface area (Å²) in [4.78, 5) is 11.0. The first-order valence-electron chi connectivity index (χ1n) is 5.03. The molecule has 0 bridgehead atoms. The quantitative estimate of drug-likeness (QED) is 0.709. The predicted molar refractivity (Wildman–Crippen MR) is 67.0 cm³/mol. The average molecular weight is 231 g/mol. The molecule has 0 aliphatic carbocycles. The average Bonchev–Trinajstić information content (AvgIpc) is 2.32. The maximum absolute atomic E-state index is 11.0. The number of carbonyl (C=O) groups is 1. The molecular weight excluding hydrogens is 220 g/mol. The molecule has 0 saturated heterocycles. The SMILES string of the molecule is Cc1ccc(Cl)cc1-c1ccccc1C=O. The van der Waals surface area contributed by atoms with Gasteiger partial charge in [-0.1, -0.05) is 41.9 Å². The highest BCUT2D eigenvalue weighted by atomic mass is 35.5. The summed E-state index contributed by atoms with van der Waals surface area (Å²) >= 11 is 5.97. The third-order valence-electron chi connectivity index (χ3n) is 2.58. The summed E-state index contributed by atoms with van der Waals surface area (Å²) in [5.41, 5.74) is 3.74. The predicted octanol–water partition coefficient (Wildman–Crippen LogP) is 4.13. The second kappa shape index (κ2) is 4.50. The summed E-state index contributed by atoms with van der Waals surface area (Å²) in [6.45, 7) is 2.01. The fourth-order valence-electron chi connectivity index (χ4n) is 1.73. The molecule has 0 saturated carbocycles. The van der Waals surface area contributed by atoms with Gasteiger partial charge in [0.05, 0.1) is 0 Å². The van der Waals surface area contributed by atoms with E-state index in [2.05, 4.69) is 0 Å². The van der Waals surface area contributed by atoms with E-state index >= 15 is 0 Å². The zero-order valence-electron chi connectivity index (χ0n) is 8.91. The molecule has 2 heteroatoms. The van der Waals surface area contributed by atoms with Crippen molar-refractivity contribution in [2.75, 3.05) is 0 Å². The zero-order chi connectivity index (χ0) is 11.5. The molecule has 0 amide bonds. The maximum atomic E-state index is 11.0. The molecule has 0 N–H and O–H groups in total. The van der Waals surface area contributed by atoms with E-state index in [9.17, 15) is 4.79 Å². The van der Waals surface area contributed by atoms with Gasteiger partial charge in [-0.15, -0.1) is 0 Å². The van der Waals surface area contributed by atoms with E-state index in [4.69, 9.17) is 11.6 Å². The van der Waals surface area contributed by atoms with Crippen LogP contribution >= 0.6 is 11.6 Å². The molecule has 0 radical (unpaired) electrons.